The Morgan fingerprint density at radius 1 is 1.29 bits per heavy atom. The number of likely N-dealkylation sites (tertiary alicyclic amines) is 1. The quantitative estimate of drug-likeness (QED) is 0.733. The van der Waals surface area contributed by atoms with Crippen molar-refractivity contribution >= 4 is 23.5 Å². The summed E-state index contributed by atoms with van der Waals surface area (Å²) in [7, 11) is 1.50. The van der Waals surface area contributed by atoms with E-state index in [0.29, 0.717) is 23.7 Å². The number of benzene rings is 1. The maximum Gasteiger partial charge on any atom is 0.312 e. The number of hydrogen-bond acceptors (Lipinski definition) is 6. The Labute approximate surface area is 162 Å². The van der Waals surface area contributed by atoms with Gasteiger partial charge in [0.25, 0.3) is 5.91 Å². The maximum absolute atomic E-state index is 12.4. The number of carbonyl (C=O) groups is 3. The van der Waals surface area contributed by atoms with Crippen molar-refractivity contribution < 1.29 is 28.3 Å². The summed E-state index contributed by atoms with van der Waals surface area (Å²) in [6, 6.07) is 10.4. The summed E-state index contributed by atoms with van der Waals surface area (Å²) in [6.07, 6.45) is 0.580. The zero-order valence-electron chi connectivity index (χ0n) is 15.7. The monoisotopic (exact) mass is 386 g/mol. The van der Waals surface area contributed by atoms with Crippen LogP contribution in [0.15, 0.2) is 47.1 Å². The minimum atomic E-state index is -1.01. The highest BCUT2D eigenvalue weighted by molar-refractivity contribution is 5.96. The van der Waals surface area contributed by atoms with E-state index in [9.17, 15) is 14.4 Å². The van der Waals surface area contributed by atoms with Gasteiger partial charge in [0.15, 0.2) is 6.10 Å². The SMILES string of the molecule is COc1ccccc1NC(=O)[C@H](C)OC(=O)[C@@H]1CC(=O)N(Cc2ccco2)C1. The lowest BCUT2D eigenvalue weighted by Gasteiger charge is -2.17. The molecule has 8 heteroatoms. The van der Waals surface area contributed by atoms with Crippen LogP contribution in [-0.2, 0) is 25.7 Å². The number of furan rings is 1. The second-order valence-electron chi connectivity index (χ2n) is 6.52. The maximum atomic E-state index is 12.4. The molecule has 2 aromatic rings. The molecule has 1 aliphatic heterocycles. The van der Waals surface area contributed by atoms with E-state index in [2.05, 4.69) is 5.32 Å². The van der Waals surface area contributed by atoms with Crippen molar-refractivity contribution in [1.82, 2.24) is 4.90 Å². The number of nitrogens with zero attached hydrogens (tertiary/aromatic N) is 1. The lowest BCUT2D eigenvalue weighted by molar-refractivity contribution is -0.157. The number of nitrogens with one attached hydrogen (secondary N) is 1. The van der Waals surface area contributed by atoms with Crippen molar-refractivity contribution in [2.45, 2.75) is 26.0 Å². The van der Waals surface area contributed by atoms with Crippen molar-refractivity contribution in [3.05, 3.63) is 48.4 Å². The fraction of sp³-hybridized carbons (Fsp3) is 0.350. The van der Waals surface area contributed by atoms with E-state index in [0.717, 1.165) is 0 Å². The molecular weight excluding hydrogens is 364 g/mol. The van der Waals surface area contributed by atoms with Crippen molar-refractivity contribution in [3.63, 3.8) is 0 Å². The van der Waals surface area contributed by atoms with E-state index in [1.54, 1.807) is 41.3 Å². The number of methoxy groups -OCH3 is 1. The van der Waals surface area contributed by atoms with Crippen molar-refractivity contribution in [2.24, 2.45) is 5.92 Å². The number of hydrogen-bond donors (Lipinski definition) is 1. The van der Waals surface area contributed by atoms with Gasteiger partial charge in [0.05, 0.1) is 31.5 Å². The molecule has 1 aromatic heterocycles. The molecule has 1 aromatic carbocycles. The van der Waals surface area contributed by atoms with E-state index in [1.165, 1.54) is 20.3 Å². The third-order valence-electron chi connectivity index (χ3n) is 4.50. The fourth-order valence-electron chi connectivity index (χ4n) is 2.98. The Kier molecular flexibility index (Phi) is 5.98. The highest BCUT2D eigenvalue weighted by atomic mass is 16.5. The summed E-state index contributed by atoms with van der Waals surface area (Å²) in [4.78, 5) is 38.4. The number of esters is 1. The molecule has 0 spiro atoms. The van der Waals surface area contributed by atoms with Gasteiger partial charge in [0.1, 0.15) is 11.5 Å². The second-order valence-corrected chi connectivity index (χ2v) is 6.52. The summed E-state index contributed by atoms with van der Waals surface area (Å²) in [5, 5.41) is 2.67. The minimum absolute atomic E-state index is 0.0559. The smallest absolute Gasteiger partial charge is 0.312 e. The Morgan fingerprint density at radius 2 is 2.07 bits per heavy atom. The number of anilines is 1. The summed E-state index contributed by atoms with van der Waals surface area (Å²) < 4.78 is 15.7. The van der Waals surface area contributed by atoms with Crippen LogP contribution in [0.1, 0.15) is 19.1 Å². The van der Waals surface area contributed by atoms with Gasteiger partial charge >= 0.3 is 5.97 Å². The minimum Gasteiger partial charge on any atom is -0.495 e. The molecule has 1 fully saturated rings. The molecule has 1 aliphatic rings. The van der Waals surface area contributed by atoms with Crippen LogP contribution < -0.4 is 10.1 Å². The lowest BCUT2D eigenvalue weighted by Crippen LogP contribution is -2.33. The van der Waals surface area contributed by atoms with Crippen LogP contribution in [0.3, 0.4) is 0 Å². The first-order valence-corrected chi connectivity index (χ1v) is 8.92. The highest BCUT2D eigenvalue weighted by Crippen LogP contribution is 2.24. The molecule has 2 heterocycles. The van der Waals surface area contributed by atoms with Crippen LogP contribution in [0.5, 0.6) is 5.75 Å². The standard InChI is InChI=1S/C20H22N2O6/c1-13(19(24)21-16-7-3-4-8-17(16)26-2)28-20(25)14-10-18(23)22(11-14)12-15-6-5-9-27-15/h3-9,13-14H,10-12H2,1-2H3,(H,21,24)/t13-,14+/m0/s1. The predicted octanol–water partition coefficient (Wildman–Crippen LogP) is 2.21. The number of amides is 2. The van der Waals surface area contributed by atoms with Gasteiger partial charge in [-0.15, -0.1) is 0 Å². The van der Waals surface area contributed by atoms with Crippen molar-refractivity contribution in [3.8, 4) is 5.75 Å². The molecule has 8 nitrogen and oxygen atoms in total. The van der Waals surface area contributed by atoms with Gasteiger partial charge < -0.3 is 24.1 Å². The van der Waals surface area contributed by atoms with Crippen molar-refractivity contribution in [2.75, 3.05) is 19.0 Å². The average Bonchev–Trinajstić information content (AvgIpc) is 3.32. The Balaban J connectivity index is 1.53. The van der Waals surface area contributed by atoms with Gasteiger partial charge in [-0.05, 0) is 31.2 Å². The molecule has 2 amide bonds. The summed E-state index contributed by atoms with van der Waals surface area (Å²) in [6.45, 7) is 2.03. The van der Waals surface area contributed by atoms with E-state index >= 15 is 0 Å². The zero-order valence-corrected chi connectivity index (χ0v) is 15.7. The number of para-hydroxylation sites is 2. The Hall–Kier alpha value is -3.29. The third kappa shape index (κ3) is 4.51. The van der Waals surface area contributed by atoms with E-state index in [4.69, 9.17) is 13.9 Å². The van der Waals surface area contributed by atoms with Crippen LogP contribution >= 0.6 is 0 Å². The topological polar surface area (TPSA) is 98.1 Å². The molecule has 0 radical (unpaired) electrons. The van der Waals surface area contributed by atoms with Gasteiger partial charge in [-0.1, -0.05) is 12.1 Å². The Bertz CT molecular complexity index is 848. The van der Waals surface area contributed by atoms with Gasteiger partial charge in [0, 0.05) is 13.0 Å². The molecule has 0 unspecified atom stereocenters. The van der Waals surface area contributed by atoms with Crippen LogP contribution in [-0.4, -0.2) is 42.4 Å². The molecule has 0 saturated carbocycles. The molecule has 0 bridgehead atoms. The van der Waals surface area contributed by atoms with E-state index in [1.807, 2.05) is 0 Å². The number of carbonyl (C=O) groups excluding carboxylic acids is 3. The lowest BCUT2D eigenvalue weighted by atomic mass is 10.1. The van der Waals surface area contributed by atoms with Crippen LogP contribution in [0.25, 0.3) is 0 Å². The molecule has 2 atom stereocenters. The molecule has 28 heavy (non-hydrogen) atoms. The average molecular weight is 386 g/mol. The normalized spacial score (nSPS) is 17.3. The molecule has 1 saturated heterocycles. The number of ether oxygens (including phenoxy) is 2. The number of rotatable bonds is 7. The zero-order chi connectivity index (χ0) is 20.1. The van der Waals surface area contributed by atoms with Crippen LogP contribution in [0.4, 0.5) is 5.69 Å². The van der Waals surface area contributed by atoms with Crippen LogP contribution in [0.2, 0.25) is 0 Å². The molecular formula is C20H22N2O6. The molecule has 3 rings (SSSR count). The summed E-state index contributed by atoms with van der Waals surface area (Å²) in [5.74, 6) is -0.655. The van der Waals surface area contributed by atoms with Gasteiger partial charge in [-0.25, -0.2) is 0 Å². The summed E-state index contributed by atoms with van der Waals surface area (Å²) >= 11 is 0. The largest absolute Gasteiger partial charge is 0.495 e. The second kappa shape index (κ2) is 8.60. The van der Waals surface area contributed by atoms with Gasteiger partial charge in [-0.3, -0.25) is 14.4 Å². The Morgan fingerprint density at radius 3 is 2.79 bits per heavy atom. The third-order valence-corrected chi connectivity index (χ3v) is 4.50. The van der Waals surface area contributed by atoms with E-state index < -0.39 is 23.9 Å². The molecule has 0 aliphatic carbocycles. The first-order valence-electron chi connectivity index (χ1n) is 8.92. The molecule has 148 valence electrons. The predicted molar refractivity (Wildman–Crippen MR) is 99.4 cm³/mol. The highest BCUT2D eigenvalue weighted by Gasteiger charge is 2.37. The first-order chi connectivity index (χ1) is 13.5. The summed E-state index contributed by atoms with van der Waals surface area (Å²) in [5.41, 5.74) is 0.485. The first kappa shape index (κ1) is 19.5. The fourth-order valence-corrected chi connectivity index (χ4v) is 2.98. The van der Waals surface area contributed by atoms with Crippen molar-refractivity contribution in [1.29, 1.82) is 0 Å². The molecule has 1 N–H and O–H groups in total. The van der Waals surface area contributed by atoms with E-state index in [-0.39, 0.29) is 18.9 Å². The van der Waals surface area contributed by atoms with Gasteiger partial charge in [0.2, 0.25) is 5.91 Å². The van der Waals surface area contributed by atoms with Gasteiger partial charge in [-0.2, -0.15) is 0 Å². The van der Waals surface area contributed by atoms with Crippen LogP contribution in [0, 0.1) is 5.92 Å².